The molecule has 0 aliphatic rings. The van der Waals surface area contributed by atoms with Gasteiger partial charge in [-0.25, -0.2) is 0 Å². The van der Waals surface area contributed by atoms with Crippen LogP contribution < -0.4 is 0 Å². The van der Waals surface area contributed by atoms with E-state index in [4.69, 9.17) is 9.84 Å². The van der Waals surface area contributed by atoms with Gasteiger partial charge in [-0.15, -0.1) is 0 Å². The molecule has 0 aliphatic heterocycles. The Kier molecular flexibility index (Phi) is 9.08. The molecule has 18 heavy (non-hydrogen) atoms. The van der Waals surface area contributed by atoms with Gasteiger partial charge in [0.1, 0.15) is 0 Å². The van der Waals surface area contributed by atoms with Crippen molar-refractivity contribution in [1.82, 2.24) is 0 Å². The Labute approximate surface area is 112 Å². The van der Waals surface area contributed by atoms with Crippen molar-refractivity contribution in [2.75, 3.05) is 13.2 Å². The van der Waals surface area contributed by atoms with Gasteiger partial charge in [0.25, 0.3) is 0 Å². The lowest BCUT2D eigenvalue weighted by Gasteiger charge is -2.25. The molecule has 108 valence electrons. The average Bonchev–Trinajstić information content (AvgIpc) is 2.23. The standard InChI is InChI=1S/C15H30O3/c1-5-18-14(17)9-7-6-8-13(10-11-16)12-15(2,3)4/h13,16H,5-12H2,1-4H3/t13-/m0/s1. The molecular weight excluding hydrogens is 228 g/mol. The highest BCUT2D eigenvalue weighted by Gasteiger charge is 2.18. The minimum absolute atomic E-state index is 0.0907. The van der Waals surface area contributed by atoms with Crippen molar-refractivity contribution in [3.63, 3.8) is 0 Å². The molecule has 0 heterocycles. The lowest BCUT2D eigenvalue weighted by atomic mass is 9.81. The van der Waals surface area contributed by atoms with Crippen LogP contribution in [0.2, 0.25) is 0 Å². The molecule has 0 radical (unpaired) electrons. The number of unbranched alkanes of at least 4 members (excludes halogenated alkanes) is 1. The van der Waals surface area contributed by atoms with Gasteiger partial charge in [0.05, 0.1) is 6.61 Å². The van der Waals surface area contributed by atoms with Crippen molar-refractivity contribution >= 4 is 5.97 Å². The van der Waals surface area contributed by atoms with E-state index in [1.165, 1.54) is 0 Å². The van der Waals surface area contributed by atoms with Crippen LogP contribution in [0.15, 0.2) is 0 Å². The van der Waals surface area contributed by atoms with Crippen LogP contribution in [0.25, 0.3) is 0 Å². The molecule has 0 aromatic heterocycles. The predicted molar refractivity (Wildman–Crippen MR) is 74.4 cm³/mol. The summed E-state index contributed by atoms with van der Waals surface area (Å²) in [5, 5.41) is 9.07. The molecule has 3 heteroatoms. The van der Waals surface area contributed by atoms with Crippen molar-refractivity contribution in [3.05, 3.63) is 0 Å². The van der Waals surface area contributed by atoms with Gasteiger partial charge in [0.15, 0.2) is 0 Å². The molecule has 0 bridgehead atoms. The zero-order valence-corrected chi connectivity index (χ0v) is 12.5. The maximum absolute atomic E-state index is 11.2. The summed E-state index contributed by atoms with van der Waals surface area (Å²) in [5.41, 5.74) is 0.307. The van der Waals surface area contributed by atoms with E-state index in [9.17, 15) is 4.79 Å². The Morgan fingerprint density at radius 3 is 2.39 bits per heavy atom. The largest absolute Gasteiger partial charge is 0.466 e. The van der Waals surface area contributed by atoms with Crippen molar-refractivity contribution < 1.29 is 14.6 Å². The van der Waals surface area contributed by atoms with Gasteiger partial charge in [0.2, 0.25) is 0 Å². The number of aliphatic hydroxyl groups excluding tert-OH is 1. The first-order valence-corrected chi connectivity index (χ1v) is 7.15. The van der Waals surface area contributed by atoms with Gasteiger partial charge in [-0.05, 0) is 37.5 Å². The van der Waals surface area contributed by atoms with Crippen molar-refractivity contribution in [1.29, 1.82) is 0 Å². The van der Waals surface area contributed by atoms with E-state index >= 15 is 0 Å². The molecule has 0 aromatic carbocycles. The van der Waals surface area contributed by atoms with Crippen LogP contribution in [0.3, 0.4) is 0 Å². The third-order valence-electron chi connectivity index (χ3n) is 2.99. The number of carbonyl (C=O) groups excluding carboxylic acids is 1. The summed E-state index contributed by atoms with van der Waals surface area (Å²) in [6, 6.07) is 0. The number of hydrogen-bond donors (Lipinski definition) is 1. The SMILES string of the molecule is CCOC(=O)CCCC[C@@H](CCO)CC(C)(C)C. The lowest BCUT2D eigenvalue weighted by Crippen LogP contribution is -2.15. The minimum Gasteiger partial charge on any atom is -0.466 e. The van der Waals surface area contributed by atoms with Crippen LogP contribution in [-0.4, -0.2) is 24.3 Å². The molecule has 1 N–H and O–H groups in total. The summed E-state index contributed by atoms with van der Waals surface area (Å²) in [6.07, 6.45) is 5.56. The number of rotatable bonds is 9. The van der Waals surface area contributed by atoms with Gasteiger partial charge in [-0.1, -0.05) is 33.6 Å². The molecule has 0 saturated heterocycles. The van der Waals surface area contributed by atoms with Crippen LogP contribution in [0.4, 0.5) is 0 Å². The first-order valence-electron chi connectivity index (χ1n) is 7.15. The van der Waals surface area contributed by atoms with Gasteiger partial charge in [0, 0.05) is 13.0 Å². The molecule has 3 nitrogen and oxygen atoms in total. The number of ether oxygens (including phenoxy) is 1. The number of hydrogen-bond acceptors (Lipinski definition) is 3. The van der Waals surface area contributed by atoms with E-state index in [2.05, 4.69) is 20.8 Å². The molecule has 0 fully saturated rings. The minimum atomic E-state index is -0.0907. The van der Waals surface area contributed by atoms with Crippen LogP contribution in [0, 0.1) is 11.3 Å². The second-order valence-electron chi connectivity index (χ2n) is 6.19. The van der Waals surface area contributed by atoms with E-state index < -0.39 is 0 Å². The summed E-state index contributed by atoms with van der Waals surface area (Å²) in [6.45, 7) is 9.26. The highest BCUT2D eigenvalue weighted by molar-refractivity contribution is 5.69. The second kappa shape index (κ2) is 9.37. The van der Waals surface area contributed by atoms with Crippen LogP contribution in [0.1, 0.15) is 66.2 Å². The monoisotopic (exact) mass is 258 g/mol. The molecule has 0 rings (SSSR count). The molecule has 0 aromatic rings. The fraction of sp³-hybridized carbons (Fsp3) is 0.933. The highest BCUT2D eigenvalue weighted by atomic mass is 16.5. The Hall–Kier alpha value is -0.570. The topological polar surface area (TPSA) is 46.5 Å². The Morgan fingerprint density at radius 2 is 1.89 bits per heavy atom. The first-order chi connectivity index (χ1) is 8.39. The van der Waals surface area contributed by atoms with Gasteiger partial charge in [-0.2, -0.15) is 0 Å². The smallest absolute Gasteiger partial charge is 0.305 e. The normalized spacial score (nSPS) is 13.4. The van der Waals surface area contributed by atoms with Crippen LogP contribution >= 0.6 is 0 Å². The van der Waals surface area contributed by atoms with Gasteiger partial charge >= 0.3 is 5.97 Å². The molecule has 1 atom stereocenters. The summed E-state index contributed by atoms with van der Waals surface area (Å²) in [4.78, 5) is 11.2. The van der Waals surface area contributed by atoms with E-state index in [1.807, 2.05) is 6.92 Å². The average molecular weight is 258 g/mol. The van der Waals surface area contributed by atoms with Gasteiger partial charge < -0.3 is 9.84 Å². The fourth-order valence-corrected chi connectivity index (χ4v) is 2.33. The molecule has 0 aliphatic carbocycles. The number of esters is 1. The lowest BCUT2D eigenvalue weighted by molar-refractivity contribution is -0.143. The van der Waals surface area contributed by atoms with E-state index in [-0.39, 0.29) is 12.6 Å². The Morgan fingerprint density at radius 1 is 1.22 bits per heavy atom. The first kappa shape index (κ1) is 17.4. The molecule has 0 unspecified atom stereocenters. The summed E-state index contributed by atoms with van der Waals surface area (Å²) >= 11 is 0. The maximum atomic E-state index is 11.2. The number of carbonyl (C=O) groups is 1. The highest BCUT2D eigenvalue weighted by Crippen LogP contribution is 2.29. The van der Waals surface area contributed by atoms with E-state index in [1.54, 1.807) is 0 Å². The van der Waals surface area contributed by atoms with Gasteiger partial charge in [-0.3, -0.25) is 4.79 Å². The zero-order chi connectivity index (χ0) is 14.0. The fourth-order valence-electron chi connectivity index (χ4n) is 2.33. The Balaban J connectivity index is 3.80. The molecule has 0 amide bonds. The Bertz CT molecular complexity index is 218. The molecule has 0 saturated carbocycles. The van der Waals surface area contributed by atoms with Crippen LogP contribution in [-0.2, 0) is 9.53 Å². The van der Waals surface area contributed by atoms with E-state index in [0.717, 1.165) is 32.1 Å². The third kappa shape index (κ3) is 10.6. The molecular formula is C15H30O3. The molecule has 0 spiro atoms. The van der Waals surface area contributed by atoms with Crippen LogP contribution in [0.5, 0.6) is 0 Å². The zero-order valence-electron chi connectivity index (χ0n) is 12.5. The third-order valence-corrected chi connectivity index (χ3v) is 2.99. The quantitative estimate of drug-likeness (QED) is 0.508. The van der Waals surface area contributed by atoms with Crippen molar-refractivity contribution in [2.45, 2.75) is 66.2 Å². The second-order valence-corrected chi connectivity index (χ2v) is 6.19. The van der Waals surface area contributed by atoms with E-state index in [0.29, 0.717) is 24.4 Å². The summed E-state index contributed by atoms with van der Waals surface area (Å²) in [7, 11) is 0. The summed E-state index contributed by atoms with van der Waals surface area (Å²) in [5.74, 6) is 0.476. The summed E-state index contributed by atoms with van der Waals surface area (Å²) < 4.78 is 4.90. The maximum Gasteiger partial charge on any atom is 0.305 e. The predicted octanol–water partition coefficient (Wildman–Crippen LogP) is 3.54. The van der Waals surface area contributed by atoms with Crippen molar-refractivity contribution in [2.24, 2.45) is 11.3 Å². The van der Waals surface area contributed by atoms with Crippen molar-refractivity contribution in [3.8, 4) is 0 Å². The number of aliphatic hydroxyl groups is 1.